The standard InChI is InChI=1S/C27H23N3O3S2/c1-33-20-11-7-10-19(16-20)28-23(31)17-34-27-29-24-21-12-5-6-13-22(21)35-25(24)26(32)30(27)15-14-18-8-3-2-4-9-18/h2-13,16H,14-15,17H2,1H3,(H,28,31). The molecule has 35 heavy (non-hydrogen) atoms. The molecule has 1 amide bonds. The number of anilines is 1. The van der Waals surface area contributed by atoms with Gasteiger partial charge in [-0.05, 0) is 30.2 Å². The number of rotatable bonds is 8. The van der Waals surface area contributed by atoms with Crippen molar-refractivity contribution in [2.24, 2.45) is 0 Å². The monoisotopic (exact) mass is 501 g/mol. The van der Waals surface area contributed by atoms with Gasteiger partial charge in [-0.3, -0.25) is 14.2 Å². The van der Waals surface area contributed by atoms with Crippen molar-refractivity contribution in [1.82, 2.24) is 9.55 Å². The number of carbonyl (C=O) groups excluding carboxylic acids is 1. The second-order valence-electron chi connectivity index (χ2n) is 7.93. The molecule has 8 heteroatoms. The van der Waals surface area contributed by atoms with Crippen LogP contribution in [0.2, 0.25) is 0 Å². The third-order valence-electron chi connectivity index (χ3n) is 5.60. The number of benzene rings is 3. The zero-order chi connectivity index (χ0) is 24.2. The molecular weight excluding hydrogens is 478 g/mol. The Labute approximate surface area is 210 Å². The minimum Gasteiger partial charge on any atom is -0.497 e. The number of thioether (sulfide) groups is 1. The maximum absolute atomic E-state index is 13.6. The molecule has 0 saturated heterocycles. The molecule has 0 saturated carbocycles. The van der Waals surface area contributed by atoms with Gasteiger partial charge in [0.05, 0.1) is 18.4 Å². The Morgan fingerprint density at radius 2 is 1.86 bits per heavy atom. The van der Waals surface area contributed by atoms with Gasteiger partial charge in [0.2, 0.25) is 5.91 Å². The first-order valence-corrected chi connectivity index (χ1v) is 13.0. The third-order valence-corrected chi connectivity index (χ3v) is 7.72. The number of hydrogen-bond acceptors (Lipinski definition) is 6. The Kier molecular flexibility index (Phi) is 6.83. The fourth-order valence-corrected chi connectivity index (χ4v) is 5.78. The first kappa shape index (κ1) is 23.1. The Balaban J connectivity index is 1.45. The Morgan fingerprint density at radius 1 is 1.06 bits per heavy atom. The molecule has 0 unspecified atom stereocenters. The topological polar surface area (TPSA) is 73.2 Å². The second kappa shape index (κ2) is 10.3. The van der Waals surface area contributed by atoms with Crippen LogP contribution in [0.25, 0.3) is 20.3 Å². The number of ether oxygens (including phenoxy) is 1. The van der Waals surface area contributed by atoms with Gasteiger partial charge in [-0.25, -0.2) is 4.98 Å². The van der Waals surface area contributed by atoms with Crippen molar-refractivity contribution in [1.29, 1.82) is 0 Å². The van der Waals surface area contributed by atoms with E-state index in [0.29, 0.717) is 39.8 Å². The maximum atomic E-state index is 13.6. The molecule has 0 fully saturated rings. The SMILES string of the molecule is COc1cccc(NC(=O)CSc2nc3c(sc4ccccc43)c(=O)n2CCc2ccccc2)c1. The number of fused-ring (bicyclic) bond motifs is 3. The molecule has 176 valence electrons. The molecule has 1 N–H and O–H groups in total. The van der Waals surface area contributed by atoms with Crippen molar-refractivity contribution in [3.8, 4) is 5.75 Å². The van der Waals surface area contributed by atoms with E-state index in [1.54, 1.807) is 17.7 Å². The summed E-state index contributed by atoms with van der Waals surface area (Å²) in [5, 5.41) is 4.39. The van der Waals surface area contributed by atoms with Gasteiger partial charge in [0, 0.05) is 28.4 Å². The van der Waals surface area contributed by atoms with Crippen molar-refractivity contribution >= 4 is 55.0 Å². The van der Waals surface area contributed by atoms with E-state index in [-0.39, 0.29) is 17.2 Å². The minimum absolute atomic E-state index is 0.0668. The highest BCUT2D eigenvalue weighted by molar-refractivity contribution is 7.99. The van der Waals surface area contributed by atoms with E-state index in [2.05, 4.69) is 5.32 Å². The lowest BCUT2D eigenvalue weighted by molar-refractivity contribution is -0.113. The largest absolute Gasteiger partial charge is 0.497 e. The molecular formula is C27H23N3O3S2. The molecule has 0 atom stereocenters. The zero-order valence-corrected chi connectivity index (χ0v) is 20.7. The number of carbonyl (C=O) groups is 1. The van der Waals surface area contributed by atoms with E-state index in [1.807, 2.05) is 72.8 Å². The van der Waals surface area contributed by atoms with E-state index < -0.39 is 0 Å². The Hall–Kier alpha value is -3.62. The Bertz CT molecular complexity index is 1560. The van der Waals surface area contributed by atoms with Crippen LogP contribution in [-0.2, 0) is 17.8 Å². The Morgan fingerprint density at radius 3 is 2.69 bits per heavy atom. The van der Waals surface area contributed by atoms with Gasteiger partial charge in [0.15, 0.2) is 5.16 Å². The highest BCUT2D eigenvalue weighted by Crippen LogP contribution is 2.32. The number of aromatic nitrogens is 2. The number of thiophene rings is 1. The lowest BCUT2D eigenvalue weighted by atomic mass is 10.1. The molecule has 0 bridgehead atoms. The summed E-state index contributed by atoms with van der Waals surface area (Å²) >= 11 is 2.74. The fourth-order valence-electron chi connectivity index (χ4n) is 3.87. The first-order chi connectivity index (χ1) is 17.1. The number of hydrogen-bond donors (Lipinski definition) is 1. The molecule has 3 aromatic carbocycles. The van der Waals surface area contributed by atoms with Crippen LogP contribution >= 0.6 is 23.1 Å². The predicted molar refractivity (Wildman–Crippen MR) is 144 cm³/mol. The molecule has 0 spiro atoms. The fraction of sp³-hybridized carbons (Fsp3) is 0.148. The number of aryl methyl sites for hydroxylation is 1. The smallest absolute Gasteiger partial charge is 0.272 e. The highest BCUT2D eigenvalue weighted by atomic mass is 32.2. The lowest BCUT2D eigenvalue weighted by Crippen LogP contribution is -2.24. The van der Waals surface area contributed by atoms with E-state index >= 15 is 0 Å². The van der Waals surface area contributed by atoms with Crippen molar-refractivity contribution in [3.05, 3.63) is 94.8 Å². The maximum Gasteiger partial charge on any atom is 0.272 e. The summed E-state index contributed by atoms with van der Waals surface area (Å²) in [6.45, 7) is 0.486. The molecule has 0 aliphatic carbocycles. The summed E-state index contributed by atoms with van der Waals surface area (Å²) in [5.74, 6) is 0.617. The molecule has 2 aromatic heterocycles. The van der Waals surface area contributed by atoms with Gasteiger partial charge < -0.3 is 10.1 Å². The van der Waals surface area contributed by atoms with Gasteiger partial charge in [0.25, 0.3) is 5.56 Å². The van der Waals surface area contributed by atoms with Crippen LogP contribution in [0.4, 0.5) is 5.69 Å². The normalized spacial score (nSPS) is 11.1. The average Bonchev–Trinajstić information content (AvgIpc) is 3.27. The van der Waals surface area contributed by atoms with Crippen molar-refractivity contribution < 1.29 is 9.53 Å². The van der Waals surface area contributed by atoms with Crippen molar-refractivity contribution in [2.45, 2.75) is 18.1 Å². The summed E-state index contributed by atoms with van der Waals surface area (Å²) in [6.07, 6.45) is 0.697. The summed E-state index contributed by atoms with van der Waals surface area (Å²) in [6, 6.07) is 25.2. The minimum atomic E-state index is -0.178. The van der Waals surface area contributed by atoms with Crippen LogP contribution in [0.1, 0.15) is 5.56 Å². The molecule has 2 heterocycles. The first-order valence-electron chi connectivity index (χ1n) is 11.1. The molecule has 0 aliphatic heterocycles. The van der Waals surface area contributed by atoms with Crippen molar-refractivity contribution in [3.63, 3.8) is 0 Å². The van der Waals surface area contributed by atoms with Crippen molar-refractivity contribution in [2.75, 3.05) is 18.2 Å². The summed E-state index contributed by atoms with van der Waals surface area (Å²) < 4.78 is 8.60. The van der Waals surface area contributed by atoms with Gasteiger partial charge in [-0.1, -0.05) is 66.4 Å². The van der Waals surface area contributed by atoms with Gasteiger partial charge in [0.1, 0.15) is 10.4 Å². The number of methoxy groups -OCH3 is 1. The van der Waals surface area contributed by atoms with Gasteiger partial charge >= 0.3 is 0 Å². The van der Waals surface area contributed by atoms with E-state index in [9.17, 15) is 9.59 Å². The van der Waals surface area contributed by atoms with Crippen LogP contribution in [0.15, 0.2) is 88.8 Å². The van der Waals surface area contributed by atoms with Gasteiger partial charge in [-0.15, -0.1) is 11.3 Å². The van der Waals surface area contributed by atoms with Crippen LogP contribution in [0, 0.1) is 0 Å². The average molecular weight is 502 g/mol. The van der Waals surface area contributed by atoms with E-state index in [4.69, 9.17) is 9.72 Å². The zero-order valence-electron chi connectivity index (χ0n) is 19.1. The summed E-state index contributed by atoms with van der Waals surface area (Å²) in [7, 11) is 1.58. The van der Waals surface area contributed by atoms with E-state index in [0.717, 1.165) is 15.6 Å². The number of amides is 1. The molecule has 5 aromatic rings. The molecule has 5 rings (SSSR count). The predicted octanol–water partition coefficient (Wildman–Crippen LogP) is 5.59. The highest BCUT2D eigenvalue weighted by Gasteiger charge is 2.17. The van der Waals surface area contributed by atoms with Gasteiger partial charge in [-0.2, -0.15) is 0 Å². The third kappa shape index (κ3) is 5.08. The summed E-state index contributed by atoms with van der Waals surface area (Å²) in [4.78, 5) is 31.1. The number of nitrogens with zero attached hydrogens (tertiary/aromatic N) is 2. The molecule has 0 aliphatic rings. The molecule has 0 radical (unpaired) electrons. The molecule has 6 nitrogen and oxygen atoms in total. The second-order valence-corrected chi connectivity index (χ2v) is 9.93. The van der Waals surface area contributed by atoms with Crippen LogP contribution in [-0.4, -0.2) is 28.3 Å². The quantitative estimate of drug-likeness (QED) is 0.222. The summed E-state index contributed by atoms with van der Waals surface area (Å²) in [5.41, 5.74) is 2.43. The van der Waals surface area contributed by atoms with E-state index in [1.165, 1.54) is 23.1 Å². The number of nitrogens with one attached hydrogen (secondary N) is 1. The van der Waals surface area contributed by atoms with Crippen LogP contribution in [0.3, 0.4) is 0 Å². The van der Waals surface area contributed by atoms with Crippen LogP contribution in [0.5, 0.6) is 5.75 Å². The lowest BCUT2D eigenvalue weighted by Gasteiger charge is -2.12. The van der Waals surface area contributed by atoms with Crippen LogP contribution < -0.4 is 15.6 Å².